The van der Waals surface area contributed by atoms with Gasteiger partial charge in [-0.15, -0.1) is 0 Å². The van der Waals surface area contributed by atoms with E-state index in [4.69, 9.17) is 22.3 Å². The Hall–Kier alpha value is -3.40. The predicted octanol–water partition coefficient (Wildman–Crippen LogP) is 4.66. The van der Waals surface area contributed by atoms with Crippen LogP contribution >= 0.6 is 11.6 Å². The maximum atomic E-state index is 13.0. The highest BCUT2D eigenvalue weighted by Crippen LogP contribution is 2.33. The molecule has 0 aromatic carbocycles. The second-order valence-corrected chi connectivity index (χ2v) is 8.35. The summed E-state index contributed by atoms with van der Waals surface area (Å²) in [5, 5.41) is 3.32. The fourth-order valence-corrected chi connectivity index (χ4v) is 3.83. The lowest BCUT2D eigenvalue weighted by Crippen LogP contribution is -2.44. The summed E-state index contributed by atoms with van der Waals surface area (Å²) >= 11 is 6.36. The zero-order valence-electron chi connectivity index (χ0n) is 19.1. The predicted molar refractivity (Wildman–Crippen MR) is 130 cm³/mol. The topological polar surface area (TPSA) is 97.0 Å². The van der Waals surface area contributed by atoms with E-state index < -0.39 is 11.7 Å². The molecule has 11 heteroatoms. The van der Waals surface area contributed by atoms with Crippen LogP contribution in [0.3, 0.4) is 0 Å². The van der Waals surface area contributed by atoms with Crippen LogP contribution in [0.25, 0.3) is 16.8 Å². The Bertz CT molecular complexity index is 1140. The second-order valence-electron chi connectivity index (χ2n) is 7.94. The normalized spacial score (nSPS) is 15.5. The number of halogens is 4. The van der Waals surface area contributed by atoms with Crippen LogP contribution in [0.15, 0.2) is 55.2 Å². The van der Waals surface area contributed by atoms with Crippen LogP contribution in [0.1, 0.15) is 31.9 Å². The number of aromatic nitrogens is 3. The van der Waals surface area contributed by atoms with Crippen LogP contribution in [0.5, 0.6) is 0 Å². The summed E-state index contributed by atoms with van der Waals surface area (Å²) in [5.41, 5.74) is 5.50. The van der Waals surface area contributed by atoms with E-state index >= 15 is 0 Å². The molecule has 1 fully saturated rings. The molecule has 0 atom stereocenters. The van der Waals surface area contributed by atoms with Crippen molar-refractivity contribution in [2.75, 3.05) is 18.0 Å². The molecular formula is C24H26ClF3N6O. The molecule has 1 amide bonds. The first-order chi connectivity index (χ1) is 16.6. The van der Waals surface area contributed by atoms with Crippen molar-refractivity contribution in [2.45, 2.75) is 38.4 Å². The molecule has 0 radical (unpaired) electrons. The van der Waals surface area contributed by atoms with Crippen molar-refractivity contribution < 1.29 is 18.0 Å². The number of carbonyl (C=O) groups is 1. The minimum absolute atomic E-state index is 0.0203. The van der Waals surface area contributed by atoms with Gasteiger partial charge < -0.3 is 16.0 Å². The van der Waals surface area contributed by atoms with Gasteiger partial charge in [-0.3, -0.25) is 14.8 Å². The van der Waals surface area contributed by atoms with Crippen molar-refractivity contribution in [3.05, 3.63) is 65.9 Å². The lowest BCUT2D eigenvalue weighted by Gasteiger charge is -2.33. The van der Waals surface area contributed by atoms with Gasteiger partial charge in [-0.05, 0) is 30.6 Å². The van der Waals surface area contributed by atoms with Crippen LogP contribution in [0.2, 0.25) is 5.02 Å². The first-order valence-electron chi connectivity index (χ1n) is 11.0. The van der Waals surface area contributed by atoms with Gasteiger partial charge in [-0.1, -0.05) is 31.2 Å². The molecule has 3 rings (SSSR count). The molecule has 1 aliphatic rings. The first-order valence-corrected chi connectivity index (χ1v) is 11.4. The minimum atomic E-state index is -4.60. The highest BCUT2D eigenvalue weighted by atomic mass is 35.5. The van der Waals surface area contributed by atoms with E-state index in [2.05, 4.69) is 21.9 Å². The number of pyridine rings is 1. The van der Waals surface area contributed by atoms with Crippen LogP contribution in [-0.2, 0) is 4.79 Å². The number of nitrogens with one attached hydrogen (secondary N) is 1. The third-order valence-electron chi connectivity index (χ3n) is 5.57. The van der Waals surface area contributed by atoms with Crippen molar-refractivity contribution in [1.82, 2.24) is 20.3 Å². The Morgan fingerprint density at radius 1 is 1.31 bits per heavy atom. The molecule has 1 saturated heterocycles. The average Bonchev–Trinajstić information content (AvgIpc) is 2.84. The number of anilines is 1. The van der Waals surface area contributed by atoms with E-state index in [1.54, 1.807) is 18.5 Å². The molecule has 3 heterocycles. The van der Waals surface area contributed by atoms with Gasteiger partial charge in [0, 0.05) is 49.7 Å². The molecule has 2 aromatic rings. The lowest BCUT2D eigenvalue weighted by atomic mass is 10.0. The van der Waals surface area contributed by atoms with Gasteiger partial charge in [0.05, 0.1) is 22.5 Å². The van der Waals surface area contributed by atoms with E-state index in [-0.39, 0.29) is 23.2 Å². The Labute approximate surface area is 206 Å². The van der Waals surface area contributed by atoms with Gasteiger partial charge in [0.2, 0.25) is 5.91 Å². The fraction of sp³-hybridized carbons (Fsp3) is 0.333. The number of allylic oxidation sites excluding steroid dienone is 4. The maximum absolute atomic E-state index is 13.0. The summed E-state index contributed by atoms with van der Waals surface area (Å²) in [6.07, 6.45) is 4.42. The van der Waals surface area contributed by atoms with Gasteiger partial charge in [-0.2, -0.15) is 13.2 Å². The largest absolute Gasteiger partial charge is 0.417 e. The molecule has 0 spiro atoms. The number of carbonyl (C=O) groups excluding carboxylic acids is 1. The monoisotopic (exact) mass is 506 g/mol. The van der Waals surface area contributed by atoms with E-state index in [0.29, 0.717) is 47.8 Å². The van der Waals surface area contributed by atoms with E-state index in [9.17, 15) is 18.0 Å². The Kier molecular flexibility index (Phi) is 8.50. The van der Waals surface area contributed by atoms with Crippen molar-refractivity contribution in [3.8, 4) is 11.3 Å². The van der Waals surface area contributed by atoms with Crippen LogP contribution in [0.4, 0.5) is 19.0 Å². The maximum Gasteiger partial charge on any atom is 0.417 e. The molecule has 0 unspecified atom stereocenters. The van der Waals surface area contributed by atoms with Crippen LogP contribution < -0.4 is 16.0 Å². The highest BCUT2D eigenvalue weighted by Gasteiger charge is 2.31. The standard InChI is InChI=1S/C24H26ClF3N6O/c1-3-21(35)32-17-7-10-34(11-8-17)20-14-31-22(15(2)4-5-16(12-29)24(26,27)28)23(33-20)18-6-9-30-13-19(18)25/h4-6,9,12-14,17H,2-3,7-8,10-11,29H2,1H3,(H,32,35)/b5-4-,16-12+. The number of nitrogens with two attached hydrogens (primary N) is 1. The van der Waals surface area contributed by atoms with E-state index in [1.165, 1.54) is 12.3 Å². The van der Waals surface area contributed by atoms with Crippen molar-refractivity contribution >= 4 is 28.9 Å². The Morgan fingerprint density at radius 3 is 2.63 bits per heavy atom. The van der Waals surface area contributed by atoms with Crippen LogP contribution in [0, 0.1) is 0 Å². The number of rotatable bonds is 7. The Morgan fingerprint density at radius 2 is 2.03 bits per heavy atom. The summed E-state index contributed by atoms with van der Waals surface area (Å²) in [6, 6.07) is 1.76. The van der Waals surface area contributed by atoms with E-state index in [1.807, 2.05) is 11.8 Å². The molecular weight excluding hydrogens is 481 g/mol. The number of alkyl halides is 3. The summed E-state index contributed by atoms with van der Waals surface area (Å²) in [7, 11) is 0. The zero-order chi connectivity index (χ0) is 25.6. The van der Waals surface area contributed by atoms with Crippen molar-refractivity contribution in [2.24, 2.45) is 5.73 Å². The molecule has 3 N–H and O–H groups in total. The minimum Gasteiger partial charge on any atom is -0.404 e. The van der Waals surface area contributed by atoms with Gasteiger partial charge in [0.25, 0.3) is 0 Å². The molecule has 7 nitrogen and oxygen atoms in total. The zero-order valence-corrected chi connectivity index (χ0v) is 19.9. The number of hydrogen-bond acceptors (Lipinski definition) is 6. The summed E-state index contributed by atoms with van der Waals surface area (Å²) in [4.78, 5) is 27.0. The molecule has 1 aliphatic heterocycles. The second kappa shape index (κ2) is 11.4. The van der Waals surface area contributed by atoms with Gasteiger partial charge in [0.1, 0.15) is 11.5 Å². The number of piperidine rings is 1. The summed E-state index contributed by atoms with van der Waals surface area (Å²) < 4.78 is 39.1. The Balaban J connectivity index is 1.91. The van der Waals surface area contributed by atoms with Gasteiger partial charge in [-0.25, -0.2) is 4.98 Å². The van der Waals surface area contributed by atoms with Gasteiger partial charge in [0.15, 0.2) is 0 Å². The molecule has 35 heavy (non-hydrogen) atoms. The molecule has 0 bridgehead atoms. The number of amides is 1. The highest BCUT2D eigenvalue weighted by molar-refractivity contribution is 6.33. The van der Waals surface area contributed by atoms with Crippen molar-refractivity contribution in [3.63, 3.8) is 0 Å². The van der Waals surface area contributed by atoms with Crippen molar-refractivity contribution in [1.29, 1.82) is 0 Å². The molecule has 0 saturated carbocycles. The lowest BCUT2D eigenvalue weighted by molar-refractivity contribution is -0.121. The van der Waals surface area contributed by atoms with E-state index in [0.717, 1.165) is 18.9 Å². The third-order valence-corrected chi connectivity index (χ3v) is 5.87. The smallest absolute Gasteiger partial charge is 0.404 e. The SMILES string of the molecule is C=C(/C=C\C(=C/N)C(F)(F)F)c1ncc(N2CCC(NC(=O)CC)CC2)nc1-c1ccncc1Cl. The summed E-state index contributed by atoms with van der Waals surface area (Å²) in [6.45, 7) is 7.00. The molecule has 0 aliphatic carbocycles. The average molecular weight is 507 g/mol. The third kappa shape index (κ3) is 6.60. The quantitative estimate of drug-likeness (QED) is 0.530. The summed E-state index contributed by atoms with van der Waals surface area (Å²) in [5.74, 6) is 0.610. The fourth-order valence-electron chi connectivity index (χ4n) is 3.62. The van der Waals surface area contributed by atoms with Gasteiger partial charge >= 0.3 is 6.18 Å². The molecule has 2 aromatic heterocycles. The van der Waals surface area contributed by atoms with Crippen LogP contribution in [-0.4, -0.2) is 46.2 Å². The molecule has 186 valence electrons. The number of nitrogens with zero attached hydrogens (tertiary/aromatic N) is 4. The first kappa shape index (κ1) is 26.2. The number of hydrogen-bond donors (Lipinski definition) is 2.